The highest BCUT2D eigenvalue weighted by Crippen LogP contribution is 2.30. The van der Waals surface area contributed by atoms with Gasteiger partial charge in [-0.2, -0.15) is 13.2 Å². The van der Waals surface area contributed by atoms with E-state index in [1.807, 2.05) is 24.3 Å². The molecule has 0 heterocycles. The SMILES string of the molecule is COc1ccc(Cc2ccc(O)c(C(=O)Nc3ccc(C(F)(F)F)cc3)c2)cc1. The lowest BCUT2D eigenvalue weighted by Crippen LogP contribution is -2.13. The van der Waals surface area contributed by atoms with Crippen molar-refractivity contribution in [3.63, 3.8) is 0 Å². The van der Waals surface area contributed by atoms with Crippen molar-refractivity contribution in [3.05, 3.63) is 89.0 Å². The summed E-state index contributed by atoms with van der Waals surface area (Å²) in [4.78, 5) is 12.5. The Morgan fingerprint density at radius 1 is 0.966 bits per heavy atom. The second kappa shape index (κ2) is 8.26. The molecule has 0 bridgehead atoms. The topological polar surface area (TPSA) is 58.6 Å². The van der Waals surface area contributed by atoms with Gasteiger partial charge in [0.1, 0.15) is 11.5 Å². The molecule has 29 heavy (non-hydrogen) atoms. The molecular formula is C22H18F3NO3. The molecule has 3 rings (SSSR count). The molecule has 0 atom stereocenters. The summed E-state index contributed by atoms with van der Waals surface area (Å²) in [5.41, 5.74) is 1.22. The van der Waals surface area contributed by atoms with Crippen LogP contribution in [0.2, 0.25) is 0 Å². The van der Waals surface area contributed by atoms with E-state index in [1.165, 1.54) is 18.2 Å². The van der Waals surface area contributed by atoms with Gasteiger partial charge in [-0.25, -0.2) is 0 Å². The zero-order valence-electron chi connectivity index (χ0n) is 15.5. The van der Waals surface area contributed by atoms with Crippen LogP contribution in [0.1, 0.15) is 27.0 Å². The number of rotatable bonds is 5. The average molecular weight is 401 g/mol. The number of methoxy groups -OCH3 is 1. The Balaban J connectivity index is 1.75. The maximum Gasteiger partial charge on any atom is 0.416 e. The molecule has 0 aliphatic carbocycles. The number of benzene rings is 3. The quantitative estimate of drug-likeness (QED) is 0.613. The Bertz CT molecular complexity index is 997. The van der Waals surface area contributed by atoms with E-state index in [1.54, 1.807) is 19.2 Å². The van der Waals surface area contributed by atoms with Gasteiger partial charge in [0.25, 0.3) is 5.91 Å². The minimum absolute atomic E-state index is 0.0379. The molecule has 0 aromatic heterocycles. The molecule has 0 fully saturated rings. The number of carbonyl (C=O) groups excluding carboxylic acids is 1. The number of phenolic OH excluding ortho intramolecular Hbond substituents is 1. The van der Waals surface area contributed by atoms with Crippen molar-refractivity contribution in [1.82, 2.24) is 0 Å². The first kappa shape index (κ1) is 20.3. The third-order valence-electron chi connectivity index (χ3n) is 4.34. The van der Waals surface area contributed by atoms with Crippen molar-refractivity contribution < 1.29 is 27.8 Å². The molecule has 0 radical (unpaired) electrons. The highest BCUT2D eigenvalue weighted by molar-refractivity contribution is 6.06. The minimum atomic E-state index is -4.45. The largest absolute Gasteiger partial charge is 0.507 e. The van der Waals surface area contributed by atoms with Gasteiger partial charge in [0.15, 0.2) is 0 Å². The third kappa shape index (κ3) is 5.07. The van der Waals surface area contributed by atoms with Gasteiger partial charge in [0, 0.05) is 5.69 Å². The fourth-order valence-electron chi connectivity index (χ4n) is 2.80. The van der Waals surface area contributed by atoms with Crippen molar-refractivity contribution in [2.24, 2.45) is 0 Å². The molecule has 0 saturated carbocycles. The van der Waals surface area contributed by atoms with E-state index in [0.717, 1.165) is 29.0 Å². The van der Waals surface area contributed by atoms with E-state index >= 15 is 0 Å². The number of phenols is 1. The van der Waals surface area contributed by atoms with Gasteiger partial charge < -0.3 is 15.2 Å². The average Bonchev–Trinajstić information content (AvgIpc) is 2.69. The minimum Gasteiger partial charge on any atom is -0.507 e. The number of anilines is 1. The second-order valence-corrected chi connectivity index (χ2v) is 6.41. The van der Waals surface area contributed by atoms with Crippen molar-refractivity contribution in [2.75, 3.05) is 12.4 Å². The normalized spacial score (nSPS) is 11.2. The Morgan fingerprint density at radius 2 is 1.59 bits per heavy atom. The van der Waals surface area contributed by atoms with Gasteiger partial charge in [-0.05, 0) is 66.1 Å². The predicted molar refractivity (Wildman–Crippen MR) is 103 cm³/mol. The molecule has 0 saturated heterocycles. The number of halogens is 3. The van der Waals surface area contributed by atoms with Crippen LogP contribution in [0.5, 0.6) is 11.5 Å². The molecule has 3 aromatic carbocycles. The van der Waals surface area contributed by atoms with E-state index < -0.39 is 17.6 Å². The summed E-state index contributed by atoms with van der Waals surface area (Å²) in [5.74, 6) is -0.0946. The van der Waals surface area contributed by atoms with Crippen LogP contribution in [0, 0.1) is 0 Å². The van der Waals surface area contributed by atoms with Crippen molar-refractivity contribution >= 4 is 11.6 Å². The summed E-state index contributed by atoms with van der Waals surface area (Å²) >= 11 is 0. The van der Waals surface area contributed by atoms with Crippen LogP contribution in [0.15, 0.2) is 66.7 Å². The lowest BCUT2D eigenvalue weighted by Gasteiger charge is -2.11. The van der Waals surface area contributed by atoms with Crippen LogP contribution in [0.25, 0.3) is 0 Å². The molecule has 4 nitrogen and oxygen atoms in total. The van der Waals surface area contributed by atoms with Crippen molar-refractivity contribution in [2.45, 2.75) is 12.6 Å². The summed E-state index contributed by atoms with van der Waals surface area (Å²) < 4.78 is 43.0. The Kier molecular flexibility index (Phi) is 5.77. The van der Waals surface area contributed by atoms with E-state index in [9.17, 15) is 23.1 Å². The van der Waals surface area contributed by atoms with Crippen LogP contribution < -0.4 is 10.1 Å². The van der Waals surface area contributed by atoms with E-state index in [-0.39, 0.29) is 17.0 Å². The van der Waals surface area contributed by atoms with E-state index in [0.29, 0.717) is 6.42 Å². The van der Waals surface area contributed by atoms with Crippen LogP contribution in [-0.2, 0) is 12.6 Å². The van der Waals surface area contributed by atoms with Gasteiger partial charge >= 0.3 is 6.18 Å². The van der Waals surface area contributed by atoms with Gasteiger partial charge in [0.2, 0.25) is 0 Å². The smallest absolute Gasteiger partial charge is 0.416 e. The lowest BCUT2D eigenvalue weighted by atomic mass is 10.0. The summed E-state index contributed by atoms with van der Waals surface area (Å²) in [5, 5.41) is 12.5. The number of alkyl halides is 3. The first-order valence-electron chi connectivity index (χ1n) is 8.69. The first-order chi connectivity index (χ1) is 13.8. The van der Waals surface area contributed by atoms with Gasteiger partial charge in [-0.1, -0.05) is 18.2 Å². The van der Waals surface area contributed by atoms with Gasteiger partial charge in [-0.15, -0.1) is 0 Å². The van der Waals surface area contributed by atoms with Crippen LogP contribution >= 0.6 is 0 Å². The summed E-state index contributed by atoms with van der Waals surface area (Å²) in [6.45, 7) is 0. The number of hydrogen-bond donors (Lipinski definition) is 2. The zero-order chi connectivity index (χ0) is 21.0. The molecule has 3 aromatic rings. The lowest BCUT2D eigenvalue weighted by molar-refractivity contribution is -0.137. The molecule has 0 aliphatic rings. The monoisotopic (exact) mass is 401 g/mol. The van der Waals surface area contributed by atoms with Crippen LogP contribution in [0.3, 0.4) is 0 Å². The molecule has 1 amide bonds. The molecule has 2 N–H and O–H groups in total. The van der Waals surface area contributed by atoms with E-state index in [2.05, 4.69) is 5.32 Å². The number of aromatic hydroxyl groups is 1. The van der Waals surface area contributed by atoms with E-state index in [4.69, 9.17) is 4.74 Å². The van der Waals surface area contributed by atoms with Gasteiger partial charge in [-0.3, -0.25) is 4.79 Å². The van der Waals surface area contributed by atoms with Crippen molar-refractivity contribution in [3.8, 4) is 11.5 Å². The Morgan fingerprint density at radius 3 is 2.17 bits per heavy atom. The van der Waals surface area contributed by atoms with Crippen LogP contribution in [-0.4, -0.2) is 18.1 Å². The predicted octanol–water partition coefficient (Wildman–Crippen LogP) is 5.26. The number of ether oxygens (including phenoxy) is 1. The maximum atomic E-state index is 12.6. The first-order valence-corrected chi connectivity index (χ1v) is 8.69. The maximum absolute atomic E-state index is 12.6. The third-order valence-corrected chi connectivity index (χ3v) is 4.34. The number of carbonyl (C=O) groups is 1. The molecule has 150 valence electrons. The zero-order valence-corrected chi connectivity index (χ0v) is 15.5. The summed E-state index contributed by atoms with van der Waals surface area (Å²) in [7, 11) is 1.58. The Labute approximate surface area is 165 Å². The summed E-state index contributed by atoms with van der Waals surface area (Å²) in [6, 6.07) is 16.2. The summed E-state index contributed by atoms with van der Waals surface area (Å²) in [6.07, 6.45) is -3.92. The Hall–Kier alpha value is -3.48. The van der Waals surface area contributed by atoms with Crippen LogP contribution in [0.4, 0.5) is 18.9 Å². The molecule has 0 aliphatic heterocycles. The molecule has 7 heteroatoms. The molecule has 0 spiro atoms. The number of amides is 1. The second-order valence-electron chi connectivity index (χ2n) is 6.41. The highest BCUT2D eigenvalue weighted by Gasteiger charge is 2.30. The fourth-order valence-corrected chi connectivity index (χ4v) is 2.80. The number of nitrogens with one attached hydrogen (secondary N) is 1. The molecule has 0 unspecified atom stereocenters. The highest BCUT2D eigenvalue weighted by atomic mass is 19.4. The fraction of sp³-hybridized carbons (Fsp3) is 0.136. The van der Waals surface area contributed by atoms with Gasteiger partial charge in [0.05, 0.1) is 18.2 Å². The standard InChI is InChI=1S/C22H18F3NO3/c1-29-18-9-2-14(3-10-18)12-15-4-11-20(27)19(13-15)21(28)26-17-7-5-16(6-8-17)22(23,24)25/h2-11,13,27H,12H2,1H3,(H,26,28). The molecular weight excluding hydrogens is 383 g/mol. The number of hydrogen-bond acceptors (Lipinski definition) is 3. The van der Waals surface area contributed by atoms with Crippen molar-refractivity contribution in [1.29, 1.82) is 0 Å².